The fourth-order valence-electron chi connectivity index (χ4n) is 1.30. The van der Waals surface area contributed by atoms with Crippen LogP contribution in [0.25, 0.3) is 6.08 Å². The quantitative estimate of drug-likeness (QED) is 0.732. The van der Waals surface area contributed by atoms with Crippen LogP contribution in [0.15, 0.2) is 24.8 Å². The smallest absolute Gasteiger partial charge is 0.338 e. The highest BCUT2D eigenvalue weighted by atomic mass is 16.5. The summed E-state index contributed by atoms with van der Waals surface area (Å²) in [6.45, 7) is 7.29. The second-order valence-corrected chi connectivity index (χ2v) is 3.61. The van der Waals surface area contributed by atoms with E-state index in [0.29, 0.717) is 16.9 Å². The molecule has 0 unspecified atom stereocenters. The van der Waals surface area contributed by atoms with Gasteiger partial charge in [-0.2, -0.15) is 0 Å². The zero-order valence-electron chi connectivity index (χ0n) is 9.82. The molecule has 0 N–H and O–H groups in total. The predicted octanol–water partition coefficient (Wildman–Crippen LogP) is 2.90. The molecule has 0 saturated heterocycles. The molecular weight excluding hydrogens is 204 g/mol. The third-order valence-corrected chi connectivity index (χ3v) is 2.04. The van der Waals surface area contributed by atoms with Crippen molar-refractivity contribution in [1.29, 1.82) is 0 Å². The summed E-state index contributed by atoms with van der Waals surface area (Å²) in [5.41, 5.74) is 1.22. The summed E-state index contributed by atoms with van der Waals surface area (Å²) < 4.78 is 10.2. The van der Waals surface area contributed by atoms with E-state index in [1.807, 2.05) is 13.8 Å². The van der Waals surface area contributed by atoms with Gasteiger partial charge in [-0.3, -0.25) is 0 Å². The van der Waals surface area contributed by atoms with Crippen molar-refractivity contribution in [3.05, 3.63) is 35.9 Å². The molecule has 0 heterocycles. The molecule has 3 heteroatoms. The molecule has 86 valence electrons. The molecule has 0 aliphatic heterocycles. The Balaban J connectivity index is 3.04. The van der Waals surface area contributed by atoms with Crippen LogP contribution in [0.2, 0.25) is 0 Å². The lowest BCUT2D eigenvalue weighted by molar-refractivity contribution is 0.0377. The first-order valence-corrected chi connectivity index (χ1v) is 5.10. The normalized spacial score (nSPS) is 10.0. The van der Waals surface area contributed by atoms with E-state index >= 15 is 0 Å². The van der Waals surface area contributed by atoms with Gasteiger partial charge >= 0.3 is 5.97 Å². The molecule has 0 amide bonds. The molecule has 3 nitrogen and oxygen atoms in total. The first-order chi connectivity index (χ1) is 7.58. The predicted molar refractivity (Wildman–Crippen MR) is 63.6 cm³/mol. The number of esters is 1. The molecular formula is C13H16O3. The largest absolute Gasteiger partial charge is 0.497 e. The second kappa shape index (κ2) is 5.35. The number of ether oxygens (including phenoxy) is 2. The van der Waals surface area contributed by atoms with E-state index in [2.05, 4.69) is 6.58 Å². The number of rotatable bonds is 4. The molecule has 0 atom stereocenters. The summed E-state index contributed by atoms with van der Waals surface area (Å²) in [6, 6.07) is 5.16. The van der Waals surface area contributed by atoms with Crippen LogP contribution in [-0.4, -0.2) is 19.2 Å². The zero-order chi connectivity index (χ0) is 12.1. The Morgan fingerprint density at radius 1 is 1.44 bits per heavy atom. The number of carbonyl (C=O) groups excluding carboxylic acids is 1. The molecule has 0 spiro atoms. The van der Waals surface area contributed by atoms with Crippen LogP contribution in [0.4, 0.5) is 0 Å². The van der Waals surface area contributed by atoms with Crippen molar-refractivity contribution in [3.63, 3.8) is 0 Å². The molecule has 0 bridgehead atoms. The Labute approximate surface area is 95.7 Å². The van der Waals surface area contributed by atoms with E-state index in [1.165, 1.54) is 0 Å². The lowest BCUT2D eigenvalue weighted by Gasteiger charge is -2.10. The molecule has 1 rings (SSSR count). The molecule has 1 aromatic carbocycles. The van der Waals surface area contributed by atoms with Crippen molar-refractivity contribution in [2.75, 3.05) is 7.11 Å². The SMILES string of the molecule is C=Cc1cc(OC)ccc1C(=O)OC(C)C. The van der Waals surface area contributed by atoms with E-state index < -0.39 is 0 Å². The number of carbonyl (C=O) groups is 1. The third-order valence-electron chi connectivity index (χ3n) is 2.04. The molecule has 0 fully saturated rings. The van der Waals surface area contributed by atoms with E-state index in [4.69, 9.17) is 9.47 Å². The Morgan fingerprint density at radius 3 is 2.62 bits per heavy atom. The Hall–Kier alpha value is -1.77. The monoisotopic (exact) mass is 220 g/mol. The number of methoxy groups -OCH3 is 1. The molecule has 1 aromatic rings. The van der Waals surface area contributed by atoms with Crippen molar-refractivity contribution in [2.24, 2.45) is 0 Å². The van der Waals surface area contributed by atoms with E-state index in [1.54, 1.807) is 31.4 Å². The molecule has 0 saturated carbocycles. The Bertz CT molecular complexity index is 394. The minimum atomic E-state index is -0.340. The van der Waals surface area contributed by atoms with Gasteiger partial charge in [0, 0.05) is 0 Å². The van der Waals surface area contributed by atoms with Gasteiger partial charge in [-0.05, 0) is 37.6 Å². The summed E-state index contributed by atoms with van der Waals surface area (Å²) in [7, 11) is 1.58. The van der Waals surface area contributed by atoms with Crippen LogP contribution < -0.4 is 4.74 Å². The fraction of sp³-hybridized carbons (Fsp3) is 0.308. The highest BCUT2D eigenvalue weighted by Crippen LogP contribution is 2.19. The van der Waals surface area contributed by atoms with Gasteiger partial charge in [0.1, 0.15) is 5.75 Å². The van der Waals surface area contributed by atoms with Crippen molar-refractivity contribution >= 4 is 12.0 Å². The molecule has 0 aromatic heterocycles. The number of benzene rings is 1. The van der Waals surface area contributed by atoms with Crippen LogP contribution in [0.5, 0.6) is 5.75 Å². The molecule has 0 aliphatic carbocycles. The first kappa shape index (κ1) is 12.3. The summed E-state index contributed by atoms with van der Waals surface area (Å²) in [5.74, 6) is 0.351. The minimum absolute atomic E-state index is 0.132. The van der Waals surface area contributed by atoms with Crippen LogP contribution in [0.3, 0.4) is 0 Å². The van der Waals surface area contributed by atoms with Crippen molar-refractivity contribution in [2.45, 2.75) is 20.0 Å². The van der Waals surface area contributed by atoms with Crippen LogP contribution in [0.1, 0.15) is 29.8 Å². The van der Waals surface area contributed by atoms with E-state index in [0.717, 1.165) is 0 Å². The average molecular weight is 220 g/mol. The van der Waals surface area contributed by atoms with Gasteiger partial charge in [-0.15, -0.1) is 0 Å². The van der Waals surface area contributed by atoms with E-state index in [-0.39, 0.29) is 12.1 Å². The number of hydrogen-bond donors (Lipinski definition) is 0. The summed E-state index contributed by atoms with van der Waals surface area (Å²) >= 11 is 0. The zero-order valence-corrected chi connectivity index (χ0v) is 9.82. The van der Waals surface area contributed by atoms with Gasteiger partial charge in [-0.25, -0.2) is 4.79 Å². The van der Waals surface area contributed by atoms with Gasteiger partial charge in [0.2, 0.25) is 0 Å². The van der Waals surface area contributed by atoms with Crippen molar-refractivity contribution in [3.8, 4) is 5.75 Å². The van der Waals surface area contributed by atoms with Gasteiger partial charge in [0.15, 0.2) is 0 Å². The van der Waals surface area contributed by atoms with Crippen LogP contribution >= 0.6 is 0 Å². The van der Waals surface area contributed by atoms with Crippen LogP contribution in [-0.2, 0) is 4.74 Å². The first-order valence-electron chi connectivity index (χ1n) is 5.10. The Kier molecular flexibility index (Phi) is 4.11. The van der Waals surface area contributed by atoms with Gasteiger partial charge in [-0.1, -0.05) is 12.7 Å². The Morgan fingerprint density at radius 2 is 2.12 bits per heavy atom. The summed E-state index contributed by atoms with van der Waals surface area (Å²) in [4.78, 5) is 11.7. The summed E-state index contributed by atoms with van der Waals surface area (Å²) in [5, 5.41) is 0. The number of hydrogen-bond acceptors (Lipinski definition) is 3. The van der Waals surface area contributed by atoms with Crippen molar-refractivity contribution in [1.82, 2.24) is 0 Å². The second-order valence-electron chi connectivity index (χ2n) is 3.61. The highest BCUT2D eigenvalue weighted by molar-refractivity contribution is 5.93. The maximum atomic E-state index is 11.7. The lowest BCUT2D eigenvalue weighted by atomic mass is 10.1. The van der Waals surface area contributed by atoms with Gasteiger partial charge < -0.3 is 9.47 Å². The van der Waals surface area contributed by atoms with Gasteiger partial charge in [0.05, 0.1) is 18.8 Å². The van der Waals surface area contributed by atoms with Gasteiger partial charge in [0.25, 0.3) is 0 Å². The topological polar surface area (TPSA) is 35.5 Å². The minimum Gasteiger partial charge on any atom is -0.497 e. The molecule has 16 heavy (non-hydrogen) atoms. The van der Waals surface area contributed by atoms with Crippen molar-refractivity contribution < 1.29 is 14.3 Å². The molecule has 0 aliphatic rings. The van der Waals surface area contributed by atoms with Crippen LogP contribution in [0, 0.1) is 0 Å². The third kappa shape index (κ3) is 2.86. The lowest BCUT2D eigenvalue weighted by Crippen LogP contribution is -2.12. The fourth-order valence-corrected chi connectivity index (χ4v) is 1.30. The summed E-state index contributed by atoms with van der Waals surface area (Å²) in [6.07, 6.45) is 1.48. The average Bonchev–Trinajstić information content (AvgIpc) is 2.27. The maximum absolute atomic E-state index is 11.7. The molecule has 0 radical (unpaired) electrons. The standard InChI is InChI=1S/C13H16O3/c1-5-10-8-11(15-4)6-7-12(10)13(14)16-9(2)3/h5-9H,1H2,2-4H3. The highest BCUT2D eigenvalue weighted by Gasteiger charge is 2.13. The van der Waals surface area contributed by atoms with E-state index in [9.17, 15) is 4.79 Å². The maximum Gasteiger partial charge on any atom is 0.338 e.